The molecule has 0 unspecified atom stereocenters. The maximum Gasteiger partial charge on any atom is 0.119 e. The van der Waals surface area contributed by atoms with E-state index < -0.39 is 0 Å². The standard InChI is InChI=1S/C18H16N2O/c1-3-4-18(16(11-19)12-20)15-6-5-14-10-17(21-2)8-7-13(14)9-15/h3-11,19H,1-2H3/b4-3-,18-16-,19-11?. The fraction of sp³-hybridized carbons (Fsp3) is 0.111. The Morgan fingerprint density at radius 2 is 1.90 bits per heavy atom. The van der Waals surface area contributed by atoms with Gasteiger partial charge < -0.3 is 10.1 Å². The summed E-state index contributed by atoms with van der Waals surface area (Å²) in [4.78, 5) is 0. The minimum absolute atomic E-state index is 0.348. The van der Waals surface area contributed by atoms with Gasteiger partial charge in [-0.2, -0.15) is 5.26 Å². The Kier molecular flexibility index (Phi) is 4.53. The van der Waals surface area contributed by atoms with Gasteiger partial charge in [0.15, 0.2) is 0 Å². The van der Waals surface area contributed by atoms with Crippen LogP contribution >= 0.6 is 0 Å². The van der Waals surface area contributed by atoms with E-state index in [9.17, 15) is 0 Å². The van der Waals surface area contributed by atoms with Crippen molar-refractivity contribution < 1.29 is 4.74 Å². The zero-order valence-electron chi connectivity index (χ0n) is 12.1. The summed E-state index contributed by atoms with van der Waals surface area (Å²) in [6.45, 7) is 1.89. The molecular formula is C18H16N2O. The van der Waals surface area contributed by atoms with E-state index in [1.165, 1.54) is 0 Å². The molecule has 0 aliphatic rings. The Bertz CT molecular complexity index is 779. The molecule has 0 saturated heterocycles. The molecule has 0 saturated carbocycles. The molecule has 0 aromatic heterocycles. The molecule has 0 amide bonds. The van der Waals surface area contributed by atoms with Gasteiger partial charge in [-0.3, -0.25) is 0 Å². The Morgan fingerprint density at radius 1 is 1.19 bits per heavy atom. The largest absolute Gasteiger partial charge is 0.497 e. The average molecular weight is 276 g/mol. The molecule has 0 atom stereocenters. The lowest BCUT2D eigenvalue weighted by Crippen LogP contribution is -1.90. The first-order chi connectivity index (χ1) is 10.2. The molecule has 2 aromatic rings. The van der Waals surface area contributed by atoms with Crippen LogP contribution in [0.25, 0.3) is 16.3 Å². The second-order valence-corrected chi connectivity index (χ2v) is 4.51. The van der Waals surface area contributed by atoms with Crippen LogP contribution in [-0.2, 0) is 0 Å². The van der Waals surface area contributed by atoms with Crippen molar-refractivity contribution in [3.8, 4) is 11.8 Å². The van der Waals surface area contributed by atoms with Crippen LogP contribution in [0, 0.1) is 16.7 Å². The molecule has 0 aliphatic carbocycles. The second kappa shape index (κ2) is 6.53. The fourth-order valence-electron chi connectivity index (χ4n) is 2.20. The van der Waals surface area contributed by atoms with E-state index in [4.69, 9.17) is 15.4 Å². The van der Waals surface area contributed by atoms with Gasteiger partial charge in [-0.1, -0.05) is 30.4 Å². The molecule has 3 heteroatoms. The number of benzene rings is 2. The van der Waals surface area contributed by atoms with E-state index >= 15 is 0 Å². The van der Waals surface area contributed by atoms with E-state index in [0.29, 0.717) is 5.57 Å². The van der Waals surface area contributed by atoms with Crippen molar-refractivity contribution >= 4 is 22.6 Å². The molecule has 104 valence electrons. The van der Waals surface area contributed by atoms with Crippen molar-refractivity contribution in [2.75, 3.05) is 7.11 Å². The monoisotopic (exact) mass is 276 g/mol. The van der Waals surface area contributed by atoms with E-state index in [0.717, 1.165) is 33.9 Å². The third-order valence-corrected chi connectivity index (χ3v) is 3.25. The highest BCUT2D eigenvalue weighted by Crippen LogP contribution is 2.26. The molecule has 1 N–H and O–H groups in total. The number of hydrogen-bond donors (Lipinski definition) is 1. The SMILES string of the molecule is C/C=C\C(=C(\C#N)C=N)c1ccc2cc(OC)ccc2c1. The first-order valence-corrected chi connectivity index (χ1v) is 6.59. The van der Waals surface area contributed by atoms with E-state index in [1.807, 2.05) is 55.5 Å². The van der Waals surface area contributed by atoms with Gasteiger partial charge >= 0.3 is 0 Å². The molecule has 2 rings (SSSR count). The Balaban J connectivity index is 2.63. The van der Waals surface area contributed by atoms with Crippen molar-refractivity contribution in [3.63, 3.8) is 0 Å². The number of hydrogen-bond acceptors (Lipinski definition) is 3. The summed E-state index contributed by atoms with van der Waals surface area (Å²) in [7, 11) is 1.64. The summed E-state index contributed by atoms with van der Waals surface area (Å²) in [6.07, 6.45) is 4.82. The zero-order chi connectivity index (χ0) is 15.2. The number of rotatable bonds is 4. The third kappa shape index (κ3) is 3.01. The van der Waals surface area contributed by atoms with Gasteiger partial charge in [-0.15, -0.1) is 0 Å². The maximum atomic E-state index is 9.16. The lowest BCUT2D eigenvalue weighted by atomic mass is 9.97. The van der Waals surface area contributed by atoms with Crippen LogP contribution in [0.4, 0.5) is 0 Å². The number of nitrogens with zero attached hydrogens (tertiary/aromatic N) is 1. The topological polar surface area (TPSA) is 56.9 Å². The molecule has 3 nitrogen and oxygen atoms in total. The van der Waals surface area contributed by atoms with Crippen LogP contribution in [0.15, 0.2) is 54.1 Å². The molecule has 0 aliphatic heterocycles. The van der Waals surface area contributed by atoms with Gasteiger partial charge in [0.1, 0.15) is 11.8 Å². The summed E-state index contributed by atoms with van der Waals surface area (Å²) in [5, 5.41) is 18.7. The van der Waals surface area contributed by atoms with Gasteiger partial charge in [0.25, 0.3) is 0 Å². The Labute approximate surface area is 124 Å². The zero-order valence-corrected chi connectivity index (χ0v) is 12.1. The van der Waals surface area contributed by atoms with Gasteiger partial charge in [0.05, 0.1) is 12.7 Å². The number of nitrogens with one attached hydrogen (secondary N) is 1. The maximum absolute atomic E-state index is 9.16. The smallest absolute Gasteiger partial charge is 0.119 e. The Morgan fingerprint density at radius 3 is 2.52 bits per heavy atom. The summed E-state index contributed by atoms with van der Waals surface area (Å²) < 4.78 is 5.22. The first kappa shape index (κ1) is 14.5. The van der Waals surface area contributed by atoms with E-state index in [1.54, 1.807) is 7.11 Å². The van der Waals surface area contributed by atoms with Crippen molar-refractivity contribution in [1.29, 1.82) is 10.7 Å². The van der Waals surface area contributed by atoms with Gasteiger partial charge in [0, 0.05) is 11.8 Å². The predicted molar refractivity (Wildman–Crippen MR) is 86.6 cm³/mol. The van der Waals surface area contributed by atoms with Crippen molar-refractivity contribution in [2.24, 2.45) is 0 Å². The number of fused-ring (bicyclic) bond motifs is 1. The molecule has 21 heavy (non-hydrogen) atoms. The average Bonchev–Trinajstić information content (AvgIpc) is 2.54. The number of ether oxygens (including phenoxy) is 1. The van der Waals surface area contributed by atoms with Crippen LogP contribution in [0.2, 0.25) is 0 Å². The van der Waals surface area contributed by atoms with Gasteiger partial charge in [-0.05, 0) is 41.5 Å². The summed E-state index contributed by atoms with van der Waals surface area (Å²) in [6, 6.07) is 13.9. The lowest BCUT2D eigenvalue weighted by Gasteiger charge is -2.07. The normalized spacial score (nSPS) is 12.0. The van der Waals surface area contributed by atoms with E-state index in [2.05, 4.69) is 6.07 Å². The molecule has 2 aromatic carbocycles. The lowest BCUT2D eigenvalue weighted by molar-refractivity contribution is 0.415. The summed E-state index contributed by atoms with van der Waals surface area (Å²) in [5.74, 6) is 0.816. The number of allylic oxidation sites excluding steroid dienone is 4. The quantitative estimate of drug-likeness (QED) is 0.512. The van der Waals surface area contributed by atoms with Crippen molar-refractivity contribution in [2.45, 2.75) is 6.92 Å². The summed E-state index contributed by atoms with van der Waals surface area (Å²) >= 11 is 0. The van der Waals surface area contributed by atoms with Crippen LogP contribution in [0.3, 0.4) is 0 Å². The number of methoxy groups -OCH3 is 1. The van der Waals surface area contributed by atoms with Crippen molar-refractivity contribution in [3.05, 3.63) is 59.7 Å². The summed E-state index contributed by atoms with van der Waals surface area (Å²) in [5.41, 5.74) is 2.03. The van der Waals surface area contributed by atoms with Crippen molar-refractivity contribution in [1.82, 2.24) is 0 Å². The predicted octanol–water partition coefficient (Wildman–Crippen LogP) is 4.35. The highest BCUT2D eigenvalue weighted by Gasteiger charge is 2.06. The highest BCUT2D eigenvalue weighted by atomic mass is 16.5. The van der Waals surface area contributed by atoms with Crippen LogP contribution in [-0.4, -0.2) is 13.3 Å². The molecule has 0 spiro atoms. The molecule has 0 heterocycles. The first-order valence-electron chi connectivity index (χ1n) is 6.59. The highest BCUT2D eigenvalue weighted by molar-refractivity contribution is 5.99. The van der Waals surface area contributed by atoms with Gasteiger partial charge in [-0.25, -0.2) is 0 Å². The van der Waals surface area contributed by atoms with Gasteiger partial charge in [0.2, 0.25) is 0 Å². The number of nitriles is 1. The molecule has 0 bridgehead atoms. The van der Waals surface area contributed by atoms with E-state index in [-0.39, 0.29) is 0 Å². The third-order valence-electron chi connectivity index (χ3n) is 3.25. The van der Waals surface area contributed by atoms with Crippen LogP contribution < -0.4 is 4.74 Å². The fourth-order valence-corrected chi connectivity index (χ4v) is 2.20. The molecule has 0 fully saturated rings. The van der Waals surface area contributed by atoms with Crippen LogP contribution in [0.1, 0.15) is 12.5 Å². The Hall–Kier alpha value is -2.86. The van der Waals surface area contributed by atoms with Crippen LogP contribution in [0.5, 0.6) is 5.75 Å². The molecule has 0 radical (unpaired) electrons. The minimum Gasteiger partial charge on any atom is -0.497 e. The second-order valence-electron chi connectivity index (χ2n) is 4.51. The minimum atomic E-state index is 0.348. The molecular weight excluding hydrogens is 260 g/mol.